The number of benzene rings is 1. The van der Waals surface area contributed by atoms with Crippen LogP contribution >= 0.6 is 0 Å². The third-order valence-electron chi connectivity index (χ3n) is 3.06. The van der Waals surface area contributed by atoms with Crippen LogP contribution in [0.25, 0.3) is 5.57 Å². The lowest BCUT2D eigenvalue weighted by Crippen LogP contribution is -2.14. The predicted octanol–water partition coefficient (Wildman–Crippen LogP) is 3.77. The number of carbonyl (C=O) groups is 1. The largest absolute Gasteiger partial charge is 0.366 e. The summed E-state index contributed by atoms with van der Waals surface area (Å²) in [6, 6.07) is 9.64. The van der Waals surface area contributed by atoms with Crippen LogP contribution in [0.1, 0.15) is 45.1 Å². The molecule has 2 heteroatoms. The molecule has 0 saturated heterocycles. The molecule has 1 aromatic rings. The van der Waals surface area contributed by atoms with Gasteiger partial charge in [0.25, 0.3) is 0 Å². The number of rotatable bonds is 7. The first kappa shape index (κ1) is 14.5. The molecule has 0 saturated carbocycles. The van der Waals surface area contributed by atoms with Crippen molar-refractivity contribution in [1.29, 1.82) is 0 Å². The maximum atomic E-state index is 11.5. The molecule has 1 aromatic carbocycles. The summed E-state index contributed by atoms with van der Waals surface area (Å²) in [7, 11) is 0. The molecule has 98 valence electrons. The molecular formula is C16H23NO. The van der Waals surface area contributed by atoms with Gasteiger partial charge in [-0.2, -0.15) is 0 Å². The van der Waals surface area contributed by atoms with Gasteiger partial charge < -0.3 is 5.73 Å². The van der Waals surface area contributed by atoms with Gasteiger partial charge in [-0.1, -0.05) is 69.5 Å². The van der Waals surface area contributed by atoms with Gasteiger partial charge in [0.1, 0.15) is 0 Å². The van der Waals surface area contributed by atoms with Gasteiger partial charge in [-0.3, -0.25) is 4.79 Å². The van der Waals surface area contributed by atoms with Crippen LogP contribution in [0.3, 0.4) is 0 Å². The third kappa shape index (κ3) is 4.74. The Hall–Kier alpha value is -1.57. The van der Waals surface area contributed by atoms with Crippen molar-refractivity contribution in [1.82, 2.24) is 0 Å². The summed E-state index contributed by atoms with van der Waals surface area (Å²) in [5.74, 6) is 0.0443. The Morgan fingerprint density at radius 3 is 2.50 bits per heavy atom. The lowest BCUT2D eigenvalue weighted by atomic mass is 9.96. The molecule has 1 amide bonds. The van der Waals surface area contributed by atoms with E-state index in [1.165, 1.54) is 19.3 Å². The van der Waals surface area contributed by atoms with Crippen molar-refractivity contribution in [2.45, 2.75) is 39.5 Å². The van der Waals surface area contributed by atoms with Gasteiger partial charge in [0.2, 0.25) is 5.91 Å². The molecule has 0 aliphatic rings. The summed E-state index contributed by atoms with van der Waals surface area (Å²) in [4.78, 5) is 11.5. The lowest BCUT2D eigenvalue weighted by molar-refractivity contribution is -0.112. The second kappa shape index (κ2) is 7.70. The molecular weight excluding hydrogens is 222 g/mol. The number of primary amides is 1. The zero-order chi connectivity index (χ0) is 13.4. The minimum absolute atomic E-state index is 0.344. The van der Waals surface area contributed by atoms with E-state index in [0.717, 1.165) is 12.0 Å². The Labute approximate surface area is 110 Å². The number of allylic oxidation sites excluding steroid dienone is 1. The highest BCUT2D eigenvalue weighted by Crippen LogP contribution is 2.19. The SMILES string of the molecule is CCCCCC(C)C=C(C(N)=O)c1ccccc1. The summed E-state index contributed by atoms with van der Waals surface area (Å²) in [5, 5.41) is 0. The van der Waals surface area contributed by atoms with E-state index in [9.17, 15) is 4.79 Å². The van der Waals surface area contributed by atoms with Crippen molar-refractivity contribution in [3.63, 3.8) is 0 Å². The van der Waals surface area contributed by atoms with Crippen molar-refractivity contribution in [3.05, 3.63) is 42.0 Å². The first-order chi connectivity index (χ1) is 8.65. The lowest BCUT2D eigenvalue weighted by Gasteiger charge is -2.09. The molecule has 1 unspecified atom stereocenters. The van der Waals surface area contributed by atoms with Gasteiger partial charge in [-0.15, -0.1) is 0 Å². The molecule has 1 atom stereocenters. The standard InChI is InChI=1S/C16H23NO/c1-3-4-6-9-13(2)12-15(16(17)18)14-10-7-5-8-11-14/h5,7-8,10-13H,3-4,6,9H2,1-2H3,(H2,17,18). The molecule has 2 nitrogen and oxygen atoms in total. The van der Waals surface area contributed by atoms with E-state index in [1.807, 2.05) is 36.4 Å². The average molecular weight is 245 g/mol. The zero-order valence-corrected chi connectivity index (χ0v) is 11.4. The highest BCUT2D eigenvalue weighted by Gasteiger charge is 2.09. The summed E-state index contributed by atoms with van der Waals surface area (Å²) in [6.07, 6.45) is 6.78. The molecule has 0 heterocycles. The van der Waals surface area contributed by atoms with E-state index in [4.69, 9.17) is 5.73 Å². The Balaban J connectivity index is 2.76. The number of nitrogens with two attached hydrogens (primary N) is 1. The van der Waals surface area contributed by atoms with Crippen LogP contribution in [-0.4, -0.2) is 5.91 Å². The van der Waals surface area contributed by atoms with Crippen LogP contribution in [0.5, 0.6) is 0 Å². The molecule has 0 radical (unpaired) electrons. The van der Waals surface area contributed by atoms with Gasteiger partial charge in [-0.05, 0) is 17.9 Å². The van der Waals surface area contributed by atoms with Crippen LogP contribution in [0.15, 0.2) is 36.4 Å². The summed E-state index contributed by atoms with van der Waals surface area (Å²) < 4.78 is 0. The van der Waals surface area contributed by atoms with Crippen LogP contribution in [0.2, 0.25) is 0 Å². The second-order valence-corrected chi connectivity index (χ2v) is 4.78. The molecule has 2 N–H and O–H groups in total. The predicted molar refractivity (Wildman–Crippen MR) is 76.9 cm³/mol. The fraction of sp³-hybridized carbons (Fsp3) is 0.438. The minimum Gasteiger partial charge on any atom is -0.366 e. The van der Waals surface area contributed by atoms with E-state index in [1.54, 1.807) is 0 Å². The maximum absolute atomic E-state index is 11.5. The molecule has 0 fully saturated rings. The topological polar surface area (TPSA) is 43.1 Å². The van der Waals surface area contributed by atoms with Crippen LogP contribution < -0.4 is 5.73 Å². The Morgan fingerprint density at radius 2 is 1.94 bits per heavy atom. The van der Waals surface area contributed by atoms with Gasteiger partial charge in [-0.25, -0.2) is 0 Å². The highest BCUT2D eigenvalue weighted by atomic mass is 16.1. The molecule has 18 heavy (non-hydrogen) atoms. The molecule has 0 aromatic heterocycles. The second-order valence-electron chi connectivity index (χ2n) is 4.78. The van der Waals surface area contributed by atoms with Gasteiger partial charge >= 0.3 is 0 Å². The third-order valence-corrected chi connectivity index (χ3v) is 3.06. The number of hydrogen-bond acceptors (Lipinski definition) is 1. The summed E-state index contributed by atoms with van der Waals surface area (Å²) in [5.41, 5.74) is 7.01. The van der Waals surface area contributed by atoms with E-state index >= 15 is 0 Å². The van der Waals surface area contributed by atoms with E-state index in [0.29, 0.717) is 11.5 Å². The quantitative estimate of drug-likeness (QED) is 0.576. The minimum atomic E-state index is -0.344. The number of amides is 1. The average Bonchev–Trinajstić information content (AvgIpc) is 2.37. The normalized spacial score (nSPS) is 13.3. The molecule has 0 bridgehead atoms. The first-order valence-corrected chi connectivity index (χ1v) is 6.72. The van der Waals surface area contributed by atoms with Gasteiger partial charge in [0.05, 0.1) is 0 Å². The maximum Gasteiger partial charge on any atom is 0.248 e. The molecule has 0 aliphatic carbocycles. The number of hydrogen-bond donors (Lipinski definition) is 1. The first-order valence-electron chi connectivity index (χ1n) is 6.72. The summed E-state index contributed by atoms with van der Waals surface area (Å²) >= 11 is 0. The van der Waals surface area contributed by atoms with Crippen molar-refractivity contribution < 1.29 is 4.79 Å². The van der Waals surface area contributed by atoms with Crippen LogP contribution in [0, 0.1) is 5.92 Å². The fourth-order valence-electron chi connectivity index (χ4n) is 2.02. The van der Waals surface area contributed by atoms with Crippen molar-refractivity contribution >= 4 is 11.5 Å². The number of unbranched alkanes of at least 4 members (excludes halogenated alkanes) is 2. The van der Waals surface area contributed by atoms with Crippen molar-refractivity contribution in [2.75, 3.05) is 0 Å². The fourth-order valence-corrected chi connectivity index (χ4v) is 2.02. The van der Waals surface area contributed by atoms with E-state index < -0.39 is 0 Å². The Bertz CT molecular complexity index is 395. The van der Waals surface area contributed by atoms with Gasteiger partial charge in [0, 0.05) is 5.57 Å². The van der Waals surface area contributed by atoms with Crippen molar-refractivity contribution in [3.8, 4) is 0 Å². The van der Waals surface area contributed by atoms with Crippen LogP contribution in [0.4, 0.5) is 0 Å². The van der Waals surface area contributed by atoms with Crippen LogP contribution in [-0.2, 0) is 4.79 Å². The van der Waals surface area contributed by atoms with E-state index in [-0.39, 0.29) is 5.91 Å². The monoisotopic (exact) mass is 245 g/mol. The highest BCUT2D eigenvalue weighted by molar-refractivity contribution is 6.18. The smallest absolute Gasteiger partial charge is 0.248 e. The molecule has 0 spiro atoms. The number of carbonyl (C=O) groups excluding carboxylic acids is 1. The van der Waals surface area contributed by atoms with Crippen molar-refractivity contribution in [2.24, 2.45) is 11.7 Å². The van der Waals surface area contributed by atoms with Gasteiger partial charge in [0.15, 0.2) is 0 Å². The Morgan fingerprint density at radius 1 is 1.28 bits per heavy atom. The zero-order valence-electron chi connectivity index (χ0n) is 11.4. The summed E-state index contributed by atoms with van der Waals surface area (Å²) in [6.45, 7) is 4.33. The molecule has 1 rings (SSSR count). The van der Waals surface area contributed by atoms with E-state index in [2.05, 4.69) is 13.8 Å². The Kier molecular flexibility index (Phi) is 6.20. The molecule has 0 aliphatic heterocycles.